The zero-order valence-electron chi connectivity index (χ0n) is 7.38. The monoisotopic (exact) mass is 168 g/mol. The van der Waals surface area contributed by atoms with Crippen LogP contribution in [-0.2, 0) is 4.74 Å². The first kappa shape index (κ1) is 7.30. The van der Waals surface area contributed by atoms with Gasteiger partial charge in [-0.3, -0.25) is 4.90 Å². The van der Waals surface area contributed by atoms with Crippen molar-refractivity contribution >= 4 is 0 Å². The van der Waals surface area contributed by atoms with Crippen molar-refractivity contribution in [2.45, 2.75) is 24.9 Å². The van der Waals surface area contributed by atoms with E-state index in [4.69, 9.17) is 10.5 Å². The summed E-state index contributed by atoms with van der Waals surface area (Å²) >= 11 is 0. The molecule has 3 heteroatoms. The molecule has 1 aliphatic carbocycles. The number of likely N-dealkylation sites (tertiary alicyclic amines) is 1. The van der Waals surface area contributed by atoms with Gasteiger partial charge in [0.05, 0.1) is 18.9 Å². The predicted octanol–water partition coefficient (Wildman–Crippen LogP) is 0.157. The van der Waals surface area contributed by atoms with Gasteiger partial charge in [0.25, 0.3) is 0 Å². The Bertz CT molecular complexity index is 201. The molecule has 1 spiro atoms. The van der Waals surface area contributed by atoms with Crippen LogP contribution in [0.4, 0.5) is 0 Å². The van der Waals surface area contributed by atoms with Gasteiger partial charge in [-0.15, -0.1) is 0 Å². The van der Waals surface area contributed by atoms with Crippen molar-refractivity contribution in [3.8, 4) is 0 Å². The van der Waals surface area contributed by atoms with Crippen molar-refractivity contribution < 1.29 is 4.74 Å². The summed E-state index contributed by atoms with van der Waals surface area (Å²) in [5.41, 5.74) is 6.81. The molecule has 2 heterocycles. The first-order valence-corrected chi connectivity index (χ1v) is 4.84. The van der Waals surface area contributed by atoms with E-state index >= 15 is 0 Å². The van der Waals surface area contributed by atoms with E-state index in [1.165, 1.54) is 32.4 Å². The highest BCUT2D eigenvalue weighted by atomic mass is 16.5. The van der Waals surface area contributed by atoms with Gasteiger partial charge in [-0.05, 0) is 19.3 Å². The third kappa shape index (κ3) is 0.767. The number of hydrogen-bond acceptors (Lipinski definition) is 3. The molecule has 0 radical (unpaired) electrons. The molecule has 3 aliphatic rings. The molecule has 0 bridgehead atoms. The molecule has 0 amide bonds. The van der Waals surface area contributed by atoms with Crippen LogP contribution in [0.3, 0.4) is 0 Å². The SMILES string of the molecule is NC1(N2CC3(COC3)C2)CCC1. The minimum absolute atomic E-state index is 0.0842. The van der Waals surface area contributed by atoms with Crippen molar-refractivity contribution in [1.29, 1.82) is 0 Å². The maximum absolute atomic E-state index is 6.19. The highest BCUT2D eigenvalue weighted by Crippen LogP contribution is 2.45. The highest BCUT2D eigenvalue weighted by Gasteiger charge is 2.55. The quantitative estimate of drug-likeness (QED) is 0.606. The largest absolute Gasteiger partial charge is 0.380 e. The van der Waals surface area contributed by atoms with Crippen LogP contribution in [0, 0.1) is 5.41 Å². The second-order valence-corrected chi connectivity index (χ2v) is 4.81. The van der Waals surface area contributed by atoms with Crippen molar-refractivity contribution in [1.82, 2.24) is 4.90 Å². The van der Waals surface area contributed by atoms with E-state index in [1.54, 1.807) is 0 Å². The van der Waals surface area contributed by atoms with Crippen LogP contribution >= 0.6 is 0 Å². The molecule has 3 rings (SSSR count). The molecule has 0 aromatic carbocycles. The van der Waals surface area contributed by atoms with Gasteiger partial charge in [-0.1, -0.05) is 0 Å². The van der Waals surface area contributed by atoms with E-state index in [0.29, 0.717) is 5.41 Å². The number of ether oxygens (including phenoxy) is 1. The Morgan fingerprint density at radius 2 is 1.83 bits per heavy atom. The maximum atomic E-state index is 6.19. The lowest BCUT2D eigenvalue weighted by atomic mass is 9.72. The van der Waals surface area contributed by atoms with Crippen LogP contribution in [-0.4, -0.2) is 36.9 Å². The molecule has 12 heavy (non-hydrogen) atoms. The molecule has 0 atom stereocenters. The topological polar surface area (TPSA) is 38.5 Å². The van der Waals surface area contributed by atoms with Gasteiger partial charge in [0.1, 0.15) is 0 Å². The van der Waals surface area contributed by atoms with E-state index in [0.717, 1.165) is 13.2 Å². The molecule has 3 fully saturated rings. The molecule has 0 aromatic rings. The first-order valence-electron chi connectivity index (χ1n) is 4.84. The second-order valence-electron chi connectivity index (χ2n) is 4.81. The third-order valence-corrected chi connectivity index (χ3v) is 3.72. The van der Waals surface area contributed by atoms with Crippen molar-refractivity contribution in [2.24, 2.45) is 11.1 Å². The molecule has 2 aliphatic heterocycles. The van der Waals surface area contributed by atoms with E-state index in [2.05, 4.69) is 4.90 Å². The summed E-state index contributed by atoms with van der Waals surface area (Å²) in [7, 11) is 0. The Labute approximate surface area is 72.9 Å². The fourth-order valence-electron chi connectivity index (χ4n) is 2.51. The fourth-order valence-corrected chi connectivity index (χ4v) is 2.51. The highest BCUT2D eigenvalue weighted by molar-refractivity contribution is 5.07. The van der Waals surface area contributed by atoms with Gasteiger partial charge in [0.2, 0.25) is 0 Å². The Hall–Kier alpha value is -0.120. The normalized spacial score (nSPS) is 36.8. The van der Waals surface area contributed by atoms with Crippen LogP contribution in [0.2, 0.25) is 0 Å². The molecule has 3 nitrogen and oxygen atoms in total. The molecular formula is C9H16N2O. The lowest BCUT2D eigenvalue weighted by Gasteiger charge is -2.62. The van der Waals surface area contributed by atoms with Crippen LogP contribution < -0.4 is 5.73 Å². The zero-order valence-corrected chi connectivity index (χ0v) is 7.38. The molecule has 0 unspecified atom stereocenters. The summed E-state index contributed by atoms with van der Waals surface area (Å²) < 4.78 is 5.23. The van der Waals surface area contributed by atoms with E-state index in [1.807, 2.05) is 0 Å². The van der Waals surface area contributed by atoms with Gasteiger partial charge in [-0.2, -0.15) is 0 Å². The minimum Gasteiger partial charge on any atom is -0.380 e. The Morgan fingerprint density at radius 1 is 1.17 bits per heavy atom. The molecule has 1 saturated carbocycles. The summed E-state index contributed by atoms with van der Waals surface area (Å²) in [6.07, 6.45) is 3.71. The Morgan fingerprint density at radius 3 is 2.17 bits per heavy atom. The van der Waals surface area contributed by atoms with Gasteiger partial charge < -0.3 is 10.5 Å². The maximum Gasteiger partial charge on any atom is 0.0687 e. The van der Waals surface area contributed by atoms with Gasteiger partial charge in [0, 0.05) is 18.5 Å². The van der Waals surface area contributed by atoms with Crippen LogP contribution in [0.5, 0.6) is 0 Å². The van der Waals surface area contributed by atoms with Crippen LogP contribution in [0.25, 0.3) is 0 Å². The number of rotatable bonds is 1. The summed E-state index contributed by atoms with van der Waals surface area (Å²) in [5, 5.41) is 0. The number of hydrogen-bond donors (Lipinski definition) is 1. The molecule has 68 valence electrons. The van der Waals surface area contributed by atoms with E-state index in [9.17, 15) is 0 Å². The van der Waals surface area contributed by atoms with Gasteiger partial charge in [-0.25, -0.2) is 0 Å². The fraction of sp³-hybridized carbons (Fsp3) is 1.00. The first-order chi connectivity index (χ1) is 5.73. The minimum atomic E-state index is 0.0842. The van der Waals surface area contributed by atoms with Crippen molar-refractivity contribution in [3.63, 3.8) is 0 Å². The molecular weight excluding hydrogens is 152 g/mol. The molecule has 2 N–H and O–H groups in total. The van der Waals surface area contributed by atoms with Crippen molar-refractivity contribution in [3.05, 3.63) is 0 Å². The average Bonchev–Trinajstić information content (AvgIpc) is 1.77. The predicted molar refractivity (Wildman–Crippen MR) is 45.6 cm³/mol. The summed E-state index contributed by atoms with van der Waals surface area (Å²) in [4.78, 5) is 2.44. The average molecular weight is 168 g/mol. The van der Waals surface area contributed by atoms with Crippen LogP contribution in [0.1, 0.15) is 19.3 Å². The zero-order chi connectivity index (χ0) is 8.23. The summed E-state index contributed by atoms with van der Waals surface area (Å²) in [6.45, 7) is 4.31. The standard InChI is InChI=1S/C9H16N2O/c10-9(2-1-3-9)11-4-8(5-11)6-12-7-8/h1-7,10H2. The Kier molecular flexibility index (Phi) is 1.23. The molecule has 0 aromatic heterocycles. The van der Waals surface area contributed by atoms with Gasteiger partial charge in [0.15, 0.2) is 0 Å². The van der Waals surface area contributed by atoms with E-state index < -0.39 is 0 Å². The molecule has 2 saturated heterocycles. The van der Waals surface area contributed by atoms with Crippen LogP contribution in [0.15, 0.2) is 0 Å². The lowest BCUT2D eigenvalue weighted by molar-refractivity contribution is -0.223. The second kappa shape index (κ2) is 2.03. The summed E-state index contributed by atoms with van der Waals surface area (Å²) in [6, 6.07) is 0. The third-order valence-electron chi connectivity index (χ3n) is 3.72. The van der Waals surface area contributed by atoms with Crippen molar-refractivity contribution in [2.75, 3.05) is 26.3 Å². The lowest BCUT2D eigenvalue weighted by Crippen LogP contribution is -2.75. The van der Waals surface area contributed by atoms with Gasteiger partial charge >= 0.3 is 0 Å². The number of nitrogens with two attached hydrogens (primary N) is 1. The van der Waals surface area contributed by atoms with E-state index in [-0.39, 0.29) is 5.66 Å². The smallest absolute Gasteiger partial charge is 0.0687 e. The Balaban J connectivity index is 1.61. The summed E-state index contributed by atoms with van der Waals surface area (Å²) in [5.74, 6) is 0. The number of nitrogens with zero attached hydrogens (tertiary/aromatic N) is 1.